The number of phenolic OH excluding ortho intramolecular Hbond substituents is 1. The fourth-order valence-corrected chi connectivity index (χ4v) is 2.77. The van der Waals surface area contributed by atoms with E-state index in [1.807, 2.05) is 0 Å². The maximum Gasteiger partial charge on any atom is 0.294 e. The molecule has 2 heterocycles. The normalized spacial score (nSPS) is 18.5. The number of rotatable bonds is 5. The van der Waals surface area contributed by atoms with Crippen molar-refractivity contribution in [3.8, 4) is 11.5 Å². The monoisotopic (exact) mass is 333 g/mol. The van der Waals surface area contributed by atoms with E-state index in [0.29, 0.717) is 24.5 Å². The zero-order chi connectivity index (χ0) is 17.3. The number of hydrazine groups is 1. The number of amides is 1. The van der Waals surface area contributed by atoms with Crippen LogP contribution in [0.3, 0.4) is 0 Å². The largest absolute Gasteiger partial charge is 0.504 e. The number of aliphatic imine (C=N–C) groups is 1. The van der Waals surface area contributed by atoms with Gasteiger partial charge in [-0.1, -0.05) is 0 Å². The van der Waals surface area contributed by atoms with Gasteiger partial charge in [0.15, 0.2) is 23.0 Å². The average molecular weight is 333 g/mol. The van der Waals surface area contributed by atoms with Crippen LogP contribution < -0.4 is 10.1 Å². The van der Waals surface area contributed by atoms with E-state index >= 15 is 0 Å². The van der Waals surface area contributed by atoms with Crippen molar-refractivity contribution in [2.24, 2.45) is 4.99 Å². The molecule has 2 aliphatic rings. The lowest BCUT2D eigenvalue weighted by Gasteiger charge is -2.17. The number of ether oxygens (including phenoxy) is 1. The summed E-state index contributed by atoms with van der Waals surface area (Å²) >= 11 is 0. The Morgan fingerprint density at radius 3 is 2.79 bits per heavy atom. The molecule has 9 heteroatoms. The van der Waals surface area contributed by atoms with E-state index in [-0.39, 0.29) is 42.1 Å². The first-order chi connectivity index (χ1) is 11.6. The molecule has 0 aromatic heterocycles. The Balaban J connectivity index is 2.01. The molecule has 3 rings (SSSR count). The van der Waals surface area contributed by atoms with Crippen LogP contribution in [-0.4, -0.2) is 71.0 Å². The summed E-state index contributed by atoms with van der Waals surface area (Å²) in [5.74, 6) is -0.115. The van der Waals surface area contributed by atoms with Gasteiger partial charge in [-0.25, -0.2) is 10.0 Å². The highest BCUT2D eigenvalue weighted by atomic mass is 16.5. The van der Waals surface area contributed by atoms with Gasteiger partial charge >= 0.3 is 0 Å². The summed E-state index contributed by atoms with van der Waals surface area (Å²) in [5, 5.41) is 33.1. The highest BCUT2D eigenvalue weighted by Crippen LogP contribution is 2.38. The number of hydrogen-bond donors (Lipinski definition) is 4. The fourth-order valence-electron chi connectivity index (χ4n) is 2.77. The van der Waals surface area contributed by atoms with Crippen molar-refractivity contribution < 1.29 is 19.7 Å². The van der Waals surface area contributed by atoms with Crippen LogP contribution >= 0.6 is 0 Å². The maximum absolute atomic E-state index is 12.4. The van der Waals surface area contributed by atoms with Crippen LogP contribution in [0.25, 0.3) is 0 Å². The molecule has 2 fully saturated rings. The zero-order valence-electron chi connectivity index (χ0n) is 13.2. The number of carbonyl (C=O) groups is 1. The van der Waals surface area contributed by atoms with Crippen molar-refractivity contribution in [3.05, 3.63) is 12.1 Å². The average Bonchev–Trinajstić information content (AvgIpc) is 3.14. The molecule has 24 heavy (non-hydrogen) atoms. The van der Waals surface area contributed by atoms with Crippen molar-refractivity contribution in [1.29, 1.82) is 5.41 Å². The molecule has 0 bridgehead atoms. The summed E-state index contributed by atoms with van der Waals surface area (Å²) in [6.07, 6.45) is 0.831. The molecule has 2 aliphatic heterocycles. The van der Waals surface area contributed by atoms with Crippen molar-refractivity contribution in [3.63, 3.8) is 0 Å². The van der Waals surface area contributed by atoms with Gasteiger partial charge in [0.25, 0.3) is 5.91 Å². The third kappa shape index (κ3) is 2.62. The van der Waals surface area contributed by atoms with Crippen LogP contribution in [0, 0.1) is 5.41 Å². The molecular formula is C15H19N5O4. The lowest BCUT2D eigenvalue weighted by Crippen LogP contribution is -2.33. The van der Waals surface area contributed by atoms with Crippen LogP contribution in [0.4, 0.5) is 11.4 Å². The van der Waals surface area contributed by atoms with Crippen LogP contribution in [0.15, 0.2) is 17.1 Å². The molecule has 1 aromatic rings. The lowest BCUT2D eigenvalue weighted by molar-refractivity contribution is -0.129. The molecule has 0 aliphatic carbocycles. The Labute approximate surface area is 138 Å². The third-order valence-electron chi connectivity index (χ3n) is 3.91. The number of aromatic hydroxyl groups is 1. The number of anilines is 1. The Morgan fingerprint density at radius 1 is 1.38 bits per heavy atom. The predicted molar refractivity (Wildman–Crippen MR) is 88.1 cm³/mol. The molecule has 1 aromatic carbocycles. The second-order valence-corrected chi connectivity index (χ2v) is 5.41. The molecule has 9 nitrogen and oxygen atoms in total. The number of methoxy groups -OCH3 is 1. The van der Waals surface area contributed by atoms with Gasteiger partial charge in [0, 0.05) is 31.8 Å². The maximum atomic E-state index is 12.4. The standard InChI is InChI=1S/C15H19N5O4/c1-24-12-8-10(9(7-11(12)22)17-3-6-21)18-13-14(16)19-4-2-5-20(19)15(13)23/h7-8,16-17,21-22H,2-6H2,1H3. The van der Waals surface area contributed by atoms with E-state index < -0.39 is 0 Å². The highest BCUT2D eigenvalue weighted by Gasteiger charge is 2.42. The number of nitrogens with one attached hydrogen (secondary N) is 2. The number of benzene rings is 1. The van der Waals surface area contributed by atoms with E-state index in [9.17, 15) is 9.90 Å². The number of phenols is 1. The molecule has 1 amide bonds. The van der Waals surface area contributed by atoms with Gasteiger partial charge in [0.05, 0.1) is 25.1 Å². The molecule has 0 radical (unpaired) electrons. The fraction of sp³-hybridized carbons (Fsp3) is 0.400. The highest BCUT2D eigenvalue weighted by molar-refractivity contribution is 6.68. The van der Waals surface area contributed by atoms with Gasteiger partial charge in [0.1, 0.15) is 0 Å². The van der Waals surface area contributed by atoms with Crippen LogP contribution in [0.5, 0.6) is 11.5 Å². The minimum Gasteiger partial charge on any atom is -0.504 e. The van der Waals surface area contributed by atoms with Gasteiger partial charge in [-0.05, 0) is 6.42 Å². The van der Waals surface area contributed by atoms with Gasteiger partial charge in [0.2, 0.25) is 0 Å². The molecule has 2 saturated heterocycles. The molecular weight excluding hydrogens is 314 g/mol. The van der Waals surface area contributed by atoms with Gasteiger partial charge < -0.3 is 20.3 Å². The lowest BCUT2D eigenvalue weighted by atomic mass is 10.2. The van der Waals surface area contributed by atoms with E-state index in [1.54, 1.807) is 5.01 Å². The molecule has 0 saturated carbocycles. The Hall–Kier alpha value is -2.81. The number of carbonyl (C=O) groups excluding carboxylic acids is 1. The van der Waals surface area contributed by atoms with Crippen LogP contribution in [-0.2, 0) is 4.79 Å². The predicted octanol–water partition coefficient (Wildman–Crippen LogP) is 0.318. The SMILES string of the molecule is COc1cc(N=C2C(=N)N3CCCN3C2=O)c(NCCO)cc1O. The number of nitrogens with zero attached hydrogens (tertiary/aromatic N) is 3. The zero-order valence-corrected chi connectivity index (χ0v) is 13.2. The number of hydrogen-bond acceptors (Lipinski definition) is 7. The topological polar surface area (TPSA) is 121 Å². The van der Waals surface area contributed by atoms with E-state index in [2.05, 4.69) is 10.3 Å². The number of aliphatic hydroxyl groups is 1. The summed E-state index contributed by atoms with van der Waals surface area (Å²) < 4.78 is 5.08. The molecule has 128 valence electrons. The Morgan fingerprint density at radius 2 is 2.12 bits per heavy atom. The second-order valence-electron chi connectivity index (χ2n) is 5.41. The first-order valence-corrected chi connectivity index (χ1v) is 7.59. The second kappa shape index (κ2) is 6.36. The van der Waals surface area contributed by atoms with Crippen molar-refractivity contribution in [2.75, 3.05) is 38.7 Å². The minimum absolute atomic E-state index is 0.0505. The van der Waals surface area contributed by atoms with Crippen molar-refractivity contribution in [1.82, 2.24) is 10.0 Å². The number of aliphatic hydroxyl groups excluding tert-OH is 1. The van der Waals surface area contributed by atoms with E-state index in [1.165, 1.54) is 24.3 Å². The van der Waals surface area contributed by atoms with Gasteiger partial charge in [-0.15, -0.1) is 0 Å². The number of amidine groups is 1. The minimum atomic E-state index is -0.308. The smallest absolute Gasteiger partial charge is 0.294 e. The first kappa shape index (κ1) is 16.1. The summed E-state index contributed by atoms with van der Waals surface area (Å²) in [4.78, 5) is 16.7. The first-order valence-electron chi connectivity index (χ1n) is 7.59. The van der Waals surface area contributed by atoms with E-state index in [4.69, 9.17) is 15.3 Å². The van der Waals surface area contributed by atoms with Gasteiger partial charge in [-0.3, -0.25) is 15.2 Å². The summed E-state index contributed by atoms with van der Waals surface area (Å²) in [6, 6.07) is 2.90. The van der Waals surface area contributed by atoms with Crippen LogP contribution in [0.2, 0.25) is 0 Å². The van der Waals surface area contributed by atoms with Gasteiger partial charge in [-0.2, -0.15) is 0 Å². The summed E-state index contributed by atoms with van der Waals surface area (Å²) in [5.41, 5.74) is 0.848. The summed E-state index contributed by atoms with van der Waals surface area (Å²) in [6.45, 7) is 1.36. The summed E-state index contributed by atoms with van der Waals surface area (Å²) in [7, 11) is 1.41. The van der Waals surface area contributed by atoms with E-state index in [0.717, 1.165) is 6.42 Å². The Bertz CT molecular complexity index is 694. The molecule has 0 spiro atoms. The number of fused-ring (bicyclic) bond motifs is 1. The van der Waals surface area contributed by atoms with Crippen molar-refractivity contribution >= 4 is 28.8 Å². The quantitative estimate of drug-likeness (QED) is 0.615. The molecule has 0 unspecified atom stereocenters. The van der Waals surface area contributed by atoms with Crippen molar-refractivity contribution in [2.45, 2.75) is 6.42 Å². The molecule has 0 atom stereocenters. The Kier molecular flexibility index (Phi) is 4.26. The third-order valence-corrected chi connectivity index (χ3v) is 3.91. The molecule has 4 N–H and O–H groups in total. The van der Waals surface area contributed by atoms with Crippen LogP contribution in [0.1, 0.15) is 6.42 Å².